The molecule has 0 spiro atoms. The first kappa shape index (κ1) is 21.5. The Hall–Kier alpha value is 0.427. The Balaban J connectivity index is 3.41. The predicted octanol–water partition coefficient (Wildman–Crippen LogP) is 6.28. The molecule has 0 heterocycles. The molecule has 23 heavy (non-hydrogen) atoms. The largest absolute Gasteiger partial charge is 0.543 e. The van der Waals surface area contributed by atoms with Gasteiger partial charge in [0.2, 0.25) is 8.32 Å². The van der Waals surface area contributed by atoms with Crippen LogP contribution in [-0.2, 0) is 9.53 Å². The summed E-state index contributed by atoms with van der Waals surface area (Å²) in [5, 5.41) is 0. The van der Waals surface area contributed by atoms with Crippen LogP contribution in [0.3, 0.4) is 0 Å². The molecule has 1 aromatic carbocycles. The molecule has 0 aromatic heterocycles. The van der Waals surface area contributed by atoms with Gasteiger partial charge >= 0.3 is 5.97 Å². The molecule has 0 amide bonds. The molecule has 4 nitrogen and oxygen atoms in total. The number of esters is 1. The molecule has 0 aliphatic carbocycles. The van der Waals surface area contributed by atoms with Crippen molar-refractivity contribution in [1.29, 1.82) is 0 Å². The molecule has 0 radical (unpaired) electrons. The van der Waals surface area contributed by atoms with Gasteiger partial charge in [0.15, 0.2) is 11.4 Å². The Kier molecular flexibility index (Phi) is 7.24. The number of halogens is 4. The second-order valence-corrected chi connectivity index (χ2v) is 13.8. The lowest BCUT2D eigenvalue weighted by molar-refractivity contribution is -0.156. The van der Waals surface area contributed by atoms with Crippen LogP contribution in [0.15, 0.2) is 17.9 Å². The van der Waals surface area contributed by atoms with Crippen LogP contribution in [0.5, 0.6) is 11.5 Å². The van der Waals surface area contributed by atoms with Crippen LogP contribution >= 0.6 is 63.7 Å². The van der Waals surface area contributed by atoms with Crippen LogP contribution < -0.4 is 9.16 Å². The van der Waals surface area contributed by atoms with Gasteiger partial charge in [0, 0.05) is 0 Å². The lowest BCUT2D eigenvalue weighted by Crippen LogP contribution is -2.39. The number of ether oxygens (including phenoxy) is 2. The van der Waals surface area contributed by atoms with E-state index in [0.29, 0.717) is 29.4 Å². The zero-order valence-corrected chi connectivity index (χ0v) is 21.0. The Labute approximate surface area is 171 Å². The maximum atomic E-state index is 11.9. The SMILES string of the molecule is COC(=O)C(C)(C)Oc1c(Br)c(Br)c(O[Si](C)(C)C)c(Br)c1Br. The second kappa shape index (κ2) is 7.76. The summed E-state index contributed by atoms with van der Waals surface area (Å²) in [5.41, 5.74) is -1.14. The van der Waals surface area contributed by atoms with Crippen molar-refractivity contribution >= 4 is 78.0 Å². The molecule has 0 unspecified atom stereocenters. The number of hydrogen-bond acceptors (Lipinski definition) is 4. The van der Waals surface area contributed by atoms with Gasteiger partial charge in [-0.2, -0.15) is 0 Å². The van der Waals surface area contributed by atoms with Gasteiger partial charge in [-0.3, -0.25) is 0 Å². The first-order chi connectivity index (χ1) is 10.3. The Morgan fingerprint density at radius 1 is 0.913 bits per heavy atom. The van der Waals surface area contributed by atoms with Crippen LogP contribution in [0, 0.1) is 0 Å². The molecule has 0 fully saturated rings. The van der Waals surface area contributed by atoms with Crippen LogP contribution in [0.25, 0.3) is 0 Å². The van der Waals surface area contributed by atoms with E-state index in [2.05, 4.69) is 83.4 Å². The summed E-state index contributed by atoms with van der Waals surface area (Å²) < 4.78 is 19.5. The molecular weight excluding hydrogens is 580 g/mol. The molecule has 0 bridgehead atoms. The highest BCUT2D eigenvalue weighted by atomic mass is 79.9. The highest BCUT2D eigenvalue weighted by Crippen LogP contribution is 2.51. The third-order valence-corrected chi connectivity index (χ3v) is 7.53. The standard InChI is InChI=1S/C14H18Br4O4Si/c1-14(2,13(19)20-3)21-11-7(15)9(17)12(10(18)8(11)16)22-23(4,5)6/h1-6H3. The lowest BCUT2D eigenvalue weighted by atomic mass is 10.1. The van der Waals surface area contributed by atoms with E-state index in [0.717, 1.165) is 0 Å². The van der Waals surface area contributed by atoms with Gasteiger partial charge in [0.25, 0.3) is 0 Å². The summed E-state index contributed by atoms with van der Waals surface area (Å²) in [6.45, 7) is 9.58. The zero-order valence-electron chi connectivity index (χ0n) is 13.6. The molecule has 9 heteroatoms. The fourth-order valence-corrected chi connectivity index (χ4v) is 5.10. The van der Waals surface area contributed by atoms with E-state index < -0.39 is 19.9 Å². The van der Waals surface area contributed by atoms with E-state index in [1.165, 1.54) is 7.11 Å². The smallest absolute Gasteiger partial charge is 0.349 e. The van der Waals surface area contributed by atoms with Gasteiger partial charge in [0.05, 0.1) is 25.0 Å². The minimum absolute atomic E-state index is 0.467. The average Bonchev–Trinajstić information content (AvgIpc) is 2.44. The predicted molar refractivity (Wildman–Crippen MR) is 108 cm³/mol. The van der Waals surface area contributed by atoms with Crippen molar-refractivity contribution in [1.82, 2.24) is 0 Å². The van der Waals surface area contributed by atoms with Crippen molar-refractivity contribution in [2.24, 2.45) is 0 Å². The van der Waals surface area contributed by atoms with Crippen molar-refractivity contribution in [2.45, 2.75) is 39.1 Å². The lowest BCUT2D eigenvalue weighted by Gasteiger charge is -2.28. The third-order valence-electron chi connectivity index (χ3n) is 2.63. The highest BCUT2D eigenvalue weighted by Gasteiger charge is 2.34. The number of hydrogen-bond donors (Lipinski definition) is 0. The minimum atomic E-state index is -1.81. The molecule has 0 saturated carbocycles. The third kappa shape index (κ3) is 5.20. The van der Waals surface area contributed by atoms with Gasteiger partial charge in [-0.25, -0.2) is 4.79 Å². The fraction of sp³-hybridized carbons (Fsp3) is 0.500. The van der Waals surface area contributed by atoms with E-state index in [4.69, 9.17) is 13.9 Å². The number of rotatable bonds is 5. The average molecular weight is 598 g/mol. The fourth-order valence-electron chi connectivity index (χ4n) is 1.62. The number of benzene rings is 1. The Bertz CT molecular complexity index is 597. The zero-order chi connectivity index (χ0) is 18.2. The normalized spacial score (nSPS) is 12.1. The summed E-state index contributed by atoms with van der Waals surface area (Å²) in [4.78, 5) is 11.9. The highest BCUT2D eigenvalue weighted by molar-refractivity contribution is 9.14. The van der Waals surface area contributed by atoms with E-state index in [9.17, 15) is 4.79 Å². The maximum Gasteiger partial charge on any atom is 0.349 e. The van der Waals surface area contributed by atoms with Crippen LogP contribution in [0.4, 0.5) is 0 Å². The summed E-state index contributed by atoms with van der Waals surface area (Å²) in [5.74, 6) is 0.694. The first-order valence-electron chi connectivity index (χ1n) is 6.64. The van der Waals surface area contributed by atoms with E-state index in [-0.39, 0.29) is 0 Å². The van der Waals surface area contributed by atoms with Gasteiger partial charge in [-0.1, -0.05) is 0 Å². The topological polar surface area (TPSA) is 44.8 Å². The van der Waals surface area contributed by atoms with E-state index in [1.54, 1.807) is 13.8 Å². The molecule has 130 valence electrons. The molecular formula is C14H18Br4O4Si. The van der Waals surface area contributed by atoms with Crippen molar-refractivity contribution < 1.29 is 18.7 Å². The summed E-state index contributed by atoms with van der Waals surface area (Å²) in [6, 6.07) is 0. The van der Waals surface area contributed by atoms with E-state index in [1.807, 2.05) is 0 Å². The van der Waals surface area contributed by atoms with Crippen LogP contribution in [-0.4, -0.2) is 27.0 Å². The summed E-state index contributed by atoms with van der Waals surface area (Å²) in [7, 11) is -0.484. The molecule has 0 N–H and O–H groups in total. The monoisotopic (exact) mass is 594 g/mol. The van der Waals surface area contributed by atoms with Crippen LogP contribution in [0.2, 0.25) is 19.6 Å². The van der Waals surface area contributed by atoms with Gasteiger partial charge < -0.3 is 13.9 Å². The van der Waals surface area contributed by atoms with Gasteiger partial charge in [-0.05, 0) is 97.2 Å². The Morgan fingerprint density at radius 2 is 1.30 bits per heavy atom. The quantitative estimate of drug-likeness (QED) is 0.228. The molecule has 1 rings (SSSR count). The van der Waals surface area contributed by atoms with Crippen molar-refractivity contribution in [3.8, 4) is 11.5 Å². The minimum Gasteiger partial charge on any atom is -0.543 e. The van der Waals surface area contributed by atoms with Gasteiger partial charge in [-0.15, -0.1) is 0 Å². The van der Waals surface area contributed by atoms with Crippen molar-refractivity contribution in [3.05, 3.63) is 17.9 Å². The summed E-state index contributed by atoms with van der Waals surface area (Å²) in [6.07, 6.45) is 0. The van der Waals surface area contributed by atoms with Crippen molar-refractivity contribution in [2.75, 3.05) is 7.11 Å². The summed E-state index contributed by atoms with van der Waals surface area (Å²) >= 11 is 14.1. The number of carbonyl (C=O) groups is 1. The van der Waals surface area contributed by atoms with Gasteiger partial charge in [0.1, 0.15) is 5.75 Å². The molecule has 1 aromatic rings. The van der Waals surface area contributed by atoms with Crippen LogP contribution in [0.1, 0.15) is 13.8 Å². The van der Waals surface area contributed by atoms with E-state index >= 15 is 0 Å². The number of methoxy groups -OCH3 is 1. The molecule has 0 atom stereocenters. The molecule has 0 aliphatic rings. The maximum absolute atomic E-state index is 11.9. The molecule has 0 aliphatic heterocycles. The second-order valence-electron chi connectivity index (χ2n) is 6.23. The number of carbonyl (C=O) groups excluding carboxylic acids is 1. The first-order valence-corrected chi connectivity index (χ1v) is 13.2. The Morgan fingerprint density at radius 3 is 1.65 bits per heavy atom. The molecule has 0 saturated heterocycles. The van der Waals surface area contributed by atoms with Crippen molar-refractivity contribution in [3.63, 3.8) is 0 Å².